The third kappa shape index (κ3) is 8.48. The van der Waals surface area contributed by atoms with Crippen molar-refractivity contribution in [1.82, 2.24) is 0 Å². The summed E-state index contributed by atoms with van der Waals surface area (Å²) >= 11 is 0. The lowest BCUT2D eigenvalue weighted by atomic mass is 9.83. The van der Waals surface area contributed by atoms with Crippen LogP contribution in [0.1, 0.15) is 86.8 Å². The van der Waals surface area contributed by atoms with Crippen LogP contribution in [0.5, 0.6) is 5.75 Å². The van der Waals surface area contributed by atoms with Crippen LogP contribution in [0.4, 0.5) is 5.69 Å². The van der Waals surface area contributed by atoms with E-state index in [0.717, 1.165) is 48.6 Å². The average Bonchev–Trinajstić information content (AvgIpc) is 2.96. The smallest absolute Gasteiger partial charge is 0.330 e. The van der Waals surface area contributed by atoms with Crippen LogP contribution in [0.2, 0.25) is 0 Å². The maximum absolute atomic E-state index is 12.6. The van der Waals surface area contributed by atoms with Gasteiger partial charge < -0.3 is 14.4 Å². The highest BCUT2D eigenvalue weighted by Crippen LogP contribution is 2.34. The van der Waals surface area contributed by atoms with Crippen LogP contribution >= 0.6 is 0 Å². The number of rotatable bonds is 6. The number of esters is 1. The predicted octanol–water partition coefficient (Wildman–Crippen LogP) is 7.47. The van der Waals surface area contributed by atoms with E-state index in [9.17, 15) is 9.59 Å². The van der Waals surface area contributed by atoms with E-state index in [1.807, 2.05) is 31.3 Å². The van der Waals surface area contributed by atoms with Gasteiger partial charge in [0.25, 0.3) is 0 Å². The Labute approximate surface area is 222 Å². The summed E-state index contributed by atoms with van der Waals surface area (Å²) in [5.41, 5.74) is 4.49. The van der Waals surface area contributed by atoms with Crippen molar-refractivity contribution in [2.45, 2.75) is 77.0 Å². The first-order chi connectivity index (χ1) is 17.9. The zero-order chi connectivity index (χ0) is 26.6. The van der Waals surface area contributed by atoms with Crippen molar-refractivity contribution < 1.29 is 19.1 Å². The zero-order valence-electron chi connectivity index (χ0n) is 23.0. The molecule has 0 atom stereocenters. The molecule has 200 valence electrons. The standard InChI is InChI=1S/C18H23NO3.C14H20O/c1-19(18(21)15-8-4-3-5-9-15)16-10-6-7-14(13-16)11-12-17(20)22-2;1-11-10-13(8-9-14(11)15-2)12-6-4-3-5-7-12/h6-7,10-13,15H,3-5,8-9H2,1-2H3;8-10,12H,3-7H2,1-2H3/b12-11+;. The lowest BCUT2D eigenvalue weighted by Gasteiger charge is -2.26. The Bertz CT molecular complexity index is 1050. The van der Waals surface area contributed by atoms with E-state index >= 15 is 0 Å². The van der Waals surface area contributed by atoms with E-state index in [4.69, 9.17) is 4.74 Å². The van der Waals surface area contributed by atoms with Crippen LogP contribution in [-0.4, -0.2) is 33.1 Å². The van der Waals surface area contributed by atoms with Gasteiger partial charge in [-0.2, -0.15) is 0 Å². The zero-order valence-corrected chi connectivity index (χ0v) is 23.0. The van der Waals surface area contributed by atoms with Crippen LogP contribution in [0.15, 0.2) is 48.5 Å². The number of hydrogen-bond donors (Lipinski definition) is 0. The van der Waals surface area contributed by atoms with Crippen molar-refractivity contribution in [1.29, 1.82) is 0 Å². The molecule has 2 saturated carbocycles. The number of amides is 1. The van der Waals surface area contributed by atoms with Gasteiger partial charge in [0.2, 0.25) is 5.91 Å². The van der Waals surface area contributed by atoms with Crippen molar-refractivity contribution in [3.63, 3.8) is 0 Å². The summed E-state index contributed by atoms with van der Waals surface area (Å²) in [6.45, 7) is 2.13. The molecular weight excluding hydrogens is 462 g/mol. The summed E-state index contributed by atoms with van der Waals surface area (Å²) in [7, 11) is 4.91. The Hall–Kier alpha value is -3.08. The van der Waals surface area contributed by atoms with Crippen LogP contribution in [0.25, 0.3) is 6.08 Å². The van der Waals surface area contributed by atoms with Crippen LogP contribution in [0, 0.1) is 12.8 Å². The minimum Gasteiger partial charge on any atom is -0.496 e. The second-order valence-corrected chi connectivity index (χ2v) is 10.2. The van der Waals surface area contributed by atoms with Gasteiger partial charge in [0, 0.05) is 24.7 Å². The maximum Gasteiger partial charge on any atom is 0.330 e. The molecule has 0 saturated heterocycles. The molecule has 2 aromatic rings. The fourth-order valence-corrected chi connectivity index (χ4v) is 5.41. The molecule has 2 aliphatic rings. The minimum absolute atomic E-state index is 0.146. The minimum atomic E-state index is -0.392. The highest BCUT2D eigenvalue weighted by atomic mass is 16.5. The Morgan fingerprint density at radius 2 is 1.57 bits per heavy atom. The molecule has 2 aromatic carbocycles. The van der Waals surface area contributed by atoms with Crippen molar-refractivity contribution in [3.05, 3.63) is 65.2 Å². The molecule has 37 heavy (non-hydrogen) atoms. The van der Waals surface area contributed by atoms with Gasteiger partial charge >= 0.3 is 5.97 Å². The SMILES string of the molecule is COC(=O)/C=C/c1cccc(N(C)C(=O)C2CCCCC2)c1.COc1ccc(C2CCCCC2)cc1C. The van der Waals surface area contributed by atoms with E-state index in [-0.39, 0.29) is 11.8 Å². The third-order valence-electron chi connectivity index (χ3n) is 7.65. The van der Waals surface area contributed by atoms with E-state index in [2.05, 4.69) is 29.9 Å². The predicted molar refractivity (Wildman–Crippen MR) is 151 cm³/mol. The van der Waals surface area contributed by atoms with Gasteiger partial charge in [0.1, 0.15) is 5.75 Å². The van der Waals surface area contributed by atoms with Crippen molar-refractivity contribution in [2.24, 2.45) is 5.92 Å². The van der Waals surface area contributed by atoms with E-state index in [0.29, 0.717) is 0 Å². The quantitative estimate of drug-likeness (QED) is 0.302. The van der Waals surface area contributed by atoms with Gasteiger partial charge in [-0.25, -0.2) is 4.79 Å². The van der Waals surface area contributed by atoms with Gasteiger partial charge in [0.05, 0.1) is 14.2 Å². The number of aryl methyl sites for hydroxylation is 1. The lowest BCUT2D eigenvalue weighted by molar-refractivity contribution is -0.134. The molecule has 0 bridgehead atoms. The molecule has 0 unspecified atom stereocenters. The number of benzene rings is 2. The van der Waals surface area contributed by atoms with Gasteiger partial charge in [0.15, 0.2) is 0 Å². The third-order valence-corrected chi connectivity index (χ3v) is 7.65. The largest absolute Gasteiger partial charge is 0.496 e. The number of anilines is 1. The Balaban J connectivity index is 0.000000220. The summed E-state index contributed by atoms with van der Waals surface area (Å²) < 4.78 is 9.86. The van der Waals surface area contributed by atoms with Gasteiger partial charge in [-0.1, -0.05) is 62.8 Å². The number of carbonyl (C=O) groups excluding carboxylic acids is 2. The molecule has 4 rings (SSSR count). The Kier molecular flexibility index (Phi) is 11.2. The fraction of sp³-hybridized carbons (Fsp3) is 0.500. The molecule has 0 radical (unpaired) electrons. The summed E-state index contributed by atoms with van der Waals surface area (Å²) in [5.74, 6) is 1.75. The number of carbonyl (C=O) groups is 2. The molecular formula is C32H43NO4. The molecule has 0 spiro atoms. The van der Waals surface area contributed by atoms with E-state index in [1.54, 1.807) is 18.1 Å². The second kappa shape index (κ2) is 14.6. The number of nitrogens with zero attached hydrogens (tertiary/aromatic N) is 1. The molecule has 2 fully saturated rings. The van der Waals surface area contributed by atoms with Gasteiger partial charge in [-0.3, -0.25) is 4.79 Å². The number of ether oxygens (including phenoxy) is 2. The highest BCUT2D eigenvalue weighted by molar-refractivity contribution is 5.95. The highest BCUT2D eigenvalue weighted by Gasteiger charge is 2.24. The Morgan fingerprint density at radius 3 is 2.19 bits per heavy atom. The average molecular weight is 506 g/mol. The van der Waals surface area contributed by atoms with Crippen molar-refractivity contribution in [2.75, 3.05) is 26.2 Å². The lowest BCUT2D eigenvalue weighted by Crippen LogP contribution is -2.33. The molecule has 0 aliphatic heterocycles. The topological polar surface area (TPSA) is 55.8 Å². The summed E-state index contributed by atoms with van der Waals surface area (Å²) in [5, 5.41) is 0. The number of methoxy groups -OCH3 is 2. The van der Waals surface area contributed by atoms with Crippen molar-refractivity contribution >= 4 is 23.6 Å². The Morgan fingerprint density at radius 1 is 0.892 bits per heavy atom. The summed E-state index contributed by atoms with van der Waals surface area (Å²) in [6.07, 6.45) is 15.5. The summed E-state index contributed by atoms with van der Waals surface area (Å²) in [6, 6.07) is 14.2. The van der Waals surface area contributed by atoms with E-state index in [1.165, 1.54) is 62.8 Å². The normalized spacial score (nSPS) is 16.5. The van der Waals surface area contributed by atoms with Crippen molar-refractivity contribution in [3.8, 4) is 5.75 Å². The van der Waals surface area contributed by atoms with E-state index < -0.39 is 5.97 Å². The fourth-order valence-electron chi connectivity index (χ4n) is 5.41. The van der Waals surface area contributed by atoms with Gasteiger partial charge in [-0.05, 0) is 79.5 Å². The molecule has 2 aliphatic carbocycles. The summed E-state index contributed by atoms with van der Waals surface area (Å²) in [4.78, 5) is 25.4. The van der Waals surface area contributed by atoms with Crippen LogP contribution in [-0.2, 0) is 14.3 Å². The first-order valence-electron chi connectivity index (χ1n) is 13.7. The molecule has 0 heterocycles. The molecule has 5 heteroatoms. The monoisotopic (exact) mass is 505 g/mol. The molecule has 0 N–H and O–H groups in total. The molecule has 0 aromatic heterocycles. The van der Waals surface area contributed by atoms with Crippen LogP contribution < -0.4 is 9.64 Å². The number of hydrogen-bond acceptors (Lipinski definition) is 4. The first kappa shape index (κ1) is 28.5. The first-order valence-corrected chi connectivity index (χ1v) is 13.7. The molecule has 5 nitrogen and oxygen atoms in total. The van der Waals surface area contributed by atoms with Crippen LogP contribution in [0.3, 0.4) is 0 Å². The maximum atomic E-state index is 12.6. The van der Waals surface area contributed by atoms with Gasteiger partial charge in [-0.15, -0.1) is 0 Å². The molecule has 1 amide bonds. The second-order valence-electron chi connectivity index (χ2n) is 10.2.